The molecule has 0 atom stereocenters. The van der Waals surface area contributed by atoms with E-state index in [4.69, 9.17) is 4.74 Å². The van der Waals surface area contributed by atoms with Crippen molar-refractivity contribution in [2.75, 3.05) is 19.7 Å². The number of rotatable bonds is 4. The molecule has 4 heterocycles. The molecule has 148 valence electrons. The van der Waals surface area contributed by atoms with Crippen LogP contribution in [-0.4, -0.2) is 41.4 Å². The summed E-state index contributed by atoms with van der Waals surface area (Å²) in [7, 11) is 0. The number of amides is 2. The molecule has 2 amide bonds. The number of hydrogen-bond donors (Lipinski definition) is 1. The summed E-state index contributed by atoms with van der Waals surface area (Å²) in [6.45, 7) is 4.46. The first kappa shape index (κ1) is 19.1. The van der Waals surface area contributed by atoms with Crippen molar-refractivity contribution in [3.05, 3.63) is 51.5 Å². The number of ether oxygens (including phenoxy) is 1. The lowest BCUT2D eigenvalue weighted by atomic mass is 9.85. The molecular formula is C21H25N3O3S. The van der Waals surface area contributed by atoms with Crippen LogP contribution < -0.4 is 5.32 Å². The Hall–Kier alpha value is -2.25. The minimum Gasteiger partial charge on any atom is -0.369 e. The molecule has 2 aliphatic heterocycles. The van der Waals surface area contributed by atoms with Crippen molar-refractivity contribution < 1.29 is 14.3 Å². The van der Waals surface area contributed by atoms with Crippen LogP contribution in [0.4, 0.5) is 0 Å². The van der Waals surface area contributed by atoms with Crippen molar-refractivity contribution in [2.45, 2.75) is 44.8 Å². The first-order chi connectivity index (χ1) is 13.6. The van der Waals surface area contributed by atoms with E-state index in [2.05, 4.69) is 10.3 Å². The lowest BCUT2D eigenvalue weighted by Crippen LogP contribution is -2.47. The number of pyridine rings is 1. The first-order valence-corrected chi connectivity index (χ1v) is 10.6. The molecule has 0 aromatic carbocycles. The molecule has 1 spiro atoms. The number of carbonyl (C=O) groups excluding carboxylic acids is 2. The van der Waals surface area contributed by atoms with Gasteiger partial charge in [0.1, 0.15) is 5.60 Å². The van der Waals surface area contributed by atoms with Gasteiger partial charge in [-0.3, -0.25) is 14.6 Å². The predicted octanol–water partition coefficient (Wildman–Crippen LogP) is 2.87. The summed E-state index contributed by atoms with van der Waals surface area (Å²) in [6, 6.07) is 5.83. The minimum absolute atomic E-state index is 0.0583. The molecule has 28 heavy (non-hydrogen) atoms. The number of fused-ring (bicyclic) bond motifs is 2. The second-order valence-corrected chi connectivity index (χ2v) is 8.39. The highest BCUT2D eigenvalue weighted by molar-refractivity contribution is 7.14. The third-order valence-electron chi connectivity index (χ3n) is 5.60. The number of nitrogens with zero attached hydrogens (tertiary/aromatic N) is 2. The highest BCUT2D eigenvalue weighted by Gasteiger charge is 2.43. The minimum atomic E-state index is -0.343. The van der Waals surface area contributed by atoms with Crippen LogP contribution in [0.5, 0.6) is 0 Å². The van der Waals surface area contributed by atoms with E-state index in [-0.39, 0.29) is 17.4 Å². The SMILES string of the molecule is CCC(=O)N1CCC2(CC1)OCCc1cc(C(=O)NCc3cccnc3)sc12. The van der Waals surface area contributed by atoms with Gasteiger partial charge in [-0.2, -0.15) is 0 Å². The summed E-state index contributed by atoms with van der Waals surface area (Å²) in [5.41, 5.74) is 1.85. The largest absolute Gasteiger partial charge is 0.369 e. The Kier molecular flexibility index (Phi) is 5.46. The van der Waals surface area contributed by atoms with E-state index < -0.39 is 0 Å². The summed E-state index contributed by atoms with van der Waals surface area (Å²) >= 11 is 1.54. The molecule has 0 saturated carbocycles. The molecule has 1 fully saturated rings. The summed E-state index contributed by atoms with van der Waals surface area (Å²) in [6.07, 6.45) is 6.44. The van der Waals surface area contributed by atoms with Gasteiger partial charge in [-0.25, -0.2) is 0 Å². The summed E-state index contributed by atoms with van der Waals surface area (Å²) in [4.78, 5) is 32.6. The quantitative estimate of drug-likeness (QED) is 0.858. The molecule has 7 heteroatoms. The monoisotopic (exact) mass is 399 g/mol. The molecule has 1 N–H and O–H groups in total. The summed E-state index contributed by atoms with van der Waals surface area (Å²) < 4.78 is 6.25. The van der Waals surface area contributed by atoms with Gasteiger partial charge in [0.05, 0.1) is 11.5 Å². The lowest BCUT2D eigenvalue weighted by molar-refractivity contribution is -0.139. The van der Waals surface area contributed by atoms with Gasteiger partial charge >= 0.3 is 0 Å². The molecule has 2 aliphatic rings. The van der Waals surface area contributed by atoms with Crippen molar-refractivity contribution >= 4 is 23.2 Å². The zero-order valence-corrected chi connectivity index (χ0v) is 16.9. The Labute approximate surface area is 168 Å². The van der Waals surface area contributed by atoms with Crippen LogP contribution in [0.25, 0.3) is 0 Å². The highest BCUT2D eigenvalue weighted by Crippen LogP contribution is 2.45. The van der Waals surface area contributed by atoms with Gasteiger partial charge in [-0.15, -0.1) is 11.3 Å². The number of hydrogen-bond acceptors (Lipinski definition) is 5. The van der Waals surface area contributed by atoms with Crippen LogP contribution in [0.15, 0.2) is 30.6 Å². The molecule has 0 unspecified atom stereocenters. The van der Waals surface area contributed by atoms with Crippen LogP contribution >= 0.6 is 11.3 Å². The van der Waals surface area contributed by atoms with Crippen molar-refractivity contribution in [1.29, 1.82) is 0 Å². The van der Waals surface area contributed by atoms with Gasteiger partial charge in [0.25, 0.3) is 5.91 Å². The first-order valence-electron chi connectivity index (χ1n) is 9.83. The number of aromatic nitrogens is 1. The van der Waals surface area contributed by atoms with Crippen LogP contribution in [0.2, 0.25) is 0 Å². The molecule has 0 bridgehead atoms. The van der Waals surface area contributed by atoms with Crippen LogP contribution in [-0.2, 0) is 28.1 Å². The maximum absolute atomic E-state index is 12.7. The highest BCUT2D eigenvalue weighted by atomic mass is 32.1. The zero-order valence-electron chi connectivity index (χ0n) is 16.1. The predicted molar refractivity (Wildman–Crippen MR) is 107 cm³/mol. The second-order valence-electron chi connectivity index (χ2n) is 7.34. The third kappa shape index (κ3) is 3.69. The number of likely N-dealkylation sites (tertiary alicyclic amines) is 1. The van der Waals surface area contributed by atoms with Crippen molar-refractivity contribution in [3.8, 4) is 0 Å². The third-order valence-corrected chi connectivity index (χ3v) is 6.96. The fraction of sp³-hybridized carbons (Fsp3) is 0.476. The molecule has 6 nitrogen and oxygen atoms in total. The molecule has 2 aromatic rings. The number of carbonyl (C=O) groups is 2. The van der Waals surface area contributed by atoms with E-state index >= 15 is 0 Å². The maximum Gasteiger partial charge on any atom is 0.261 e. The van der Waals surface area contributed by atoms with E-state index in [0.29, 0.717) is 32.7 Å². The van der Waals surface area contributed by atoms with Gasteiger partial charge in [0.15, 0.2) is 0 Å². The average molecular weight is 400 g/mol. The van der Waals surface area contributed by atoms with Crippen molar-refractivity contribution in [3.63, 3.8) is 0 Å². The van der Waals surface area contributed by atoms with Gasteiger partial charge in [-0.05, 0) is 42.5 Å². The number of piperidine rings is 1. The van der Waals surface area contributed by atoms with Crippen molar-refractivity contribution in [1.82, 2.24) is 15.2 Å². The van der Waals surface area contributed by atoms with E-state index in [1.165, 1.54) is 10.4 Å². The van der Waals surface area contributed by atoms with E-state index in [9.17, 15) is 9.59 Å². The number of thiophene rings is 1. The Morgan fingerprint density at radius 2 is 2.18 bits per heavy atom. The second kappa shape index (κ2) is 8.01. The van der Waals surface area contributed by atoms with E-state index in [1.807, 2.05) is 30.0 Å². The van der Waals surface area contributed by atoms with Gasteiger partial charge in [0.2, 0.25) is 5.91 Å². The van der Waals surface area contributed by atoms with E-state index in [0.717, 1.165) is 29.7 Å². The Balaban J connectivity index is 1.48. The fourth-order valence-corrected chi connectivity index (χ4v) is 5.35. The number of nitrogens with one attached hydrogen (secondary N) is 1. The lowest BCUT2D eigenvalue weighted by Gasteiger charge is -2.43. The molecule has 4 rings (SSSR count). The van der Waals surface area contributed by atoms with Gasteiger partial charge < -0.3 is 15.0 Å². The van der Waals surface area contributed by atoms with Crippen LogP contribution in [0.3, 0.4) is 0 Å². The Bertz CT molecular complexity index is 857. The molecule has 2 aromatic heterocycles. The van der Waals surface area contributed by atoms with Gasteiger partial charge in [0, 0.05) is 43.3 Å². The van der Waals surface area contributed by atoms with Crippen molar-refractivity contribution in [2.24, 2.45) is 0 Å². The smallest absolute Gasteiger partial charge is 0.261 e. The van der Waals surface area contributed by atoms with Crippen LogP contribution in [0.1, 0.15) is 51.9 Å². The molecule has 0 radical (unpaired) electrons. The Morgan fingerprint density at radius 1 is 1.36 bits per heavy atom. The van der Waals surface area contributed by atoms with Crippen LogP contribution in [0, 0.1) is 0 Å². The van der Waals surface area contributed by atoms with Gasteiger partial charge in [-0.1, -0.05) is 13.0 Å². The standard InChI is InChI=1S/C21H25N3O3S/c1-2-18(25)24-9-6-21(7-10-24)19-16(5-11-27-21)12-17(28-19)20(26)23-14-15-4-3-8-22-13-15/h3-4,8,12-13H,2,5-7,9-11,14H2,1H3,(H,23,26). The molecular weight excluding hydrogens is 374 g/mol. The zero-order chi connectivity index (χ0) is 19.6. The molecule has 0 aliphatic carbocycles. The Morgan fingerprint density at radius 3 is 2.89 bits per heavy atom. The molecule has 1 saturated heterocycles. The van der Waals surface area contributed by atoms with E-state index in [1.54, 1.807) is 23.7 Å². The average Bonchev–Trinajstić information content (AvgIpc) is 3.19. The summed E-state index contributed by atoms with van der Waals surface area (Å²) in [5.74, 6) is 0.143. The fourth-order valence-electron chi connectivity index (χ4n) is 4.02. The maximum atomic E-state index is 12.7. The normalized spacial score (nSPS) is 18.0. The topological polar surface area (TPSA) is 71.5 Å². The summed E-state index contributed by atoms with van der Waals surface area (Å²) in [5, 5.41) is 2.98.